The molecule has 0 fully saturated rings. The minimum absolute atomic E-state index is 0.200. The lowest BCUT2D eigenvalue weighted by atomic mass is 10.1. The third-order valence-electron chi connectivity index (χ3n) is 3.87. The molecule has 29 heavy (non-hydrogen) atoms. The third kappa shape index (κ3) is 10.4. The Morgan fingerprint density at radius 1 is 0.931 bits per heavy atom. The first-order valence-corrected chi connectivity index (χ1v) is 9.02. The maximum atomic E-state index is 12.5. The van der Waals surface area contributed by atoms with Gasteiger partial charge in [-0.3, -0.25) is 19.2 Å². The van der Waals surface area contributed by atoms with Gasteiger partial charge >= 0.3 is 5.97 Å². The molecule has 0 aliphatic rings. The topological polar surface area (TPSA) is 240 Å². The summed E-state index contributed by atoms with van der Waals surface area (Å²) in [7, 11) is 0. The molecule has 0 radical (unpaired) electrons. The van der Waals surface area contributed by atoms with E-state index in [4.69, 9.17) is 22.3 Å². The molecule has 0 bridgehead atoms. The van der Waals surface area contributed by atoms with E-state index in [0.29, 0.717) is 19.4 Å². The maximum Gasteiger partial charge on any atom is 0.328 e. The van der Waals surface area contributed by atoms with Gasteiger partial charge in [0.1, 0.15) is 12.1 Å². The minimum atomic E-state index is -1.66. The normalized spacial score (nSPS) is 14.8. The number of aliphatic hydroxyl groups is 1. The maximum absolute atomic E-state index is 12.5. The van der Waals surface area contributed by atoms with Crippen LogP contribution in [0, 0.1) is 0 Å². The second kappa shape index (κ2) is 13.4. The first kappa shape index (κ1) is 26.2. The second-order valence-corrected chi connectivity index (χ2v) is 6.41. The molecule has 4 amide bonds. The van der Waals surface area contributed by atoms with Gasteiger partial charge in [-0.1, -0.05) is 0 Å². The molecule has 13 heteroatoms. The van der Waals surface area contributed by atoms with E-state index in [-0.39, 0.29) is 13.0 Å². The molecule has 0 aliphatic heterocycles. The molecule has 0 saturated carbocycles. The molecule has 0 aromatic heterocycles. The Bertz CT molecular complexity index is 598. The molecular weight excluding hydrogens is 388 g/mol. The van der Waals surface area contributed by atoms with Crippen molar-refractivity contribution in [1.29, 1.82) is 0 Å². The van der Waals surface area contributed by atoms with Crippen LogP contribution in [0.2, 0.25) is 0 Å². The van der Waals surface area contributed by atoms with Crippen LogP contribution in [0.4, 0.5) is 0 Å². The van der Waals surface area contributed by atoms with Crippen LogP contribution in [-0.4, -0.2) is 77.1 Å². The average Bonchev–Trinajstić information content (AvgIpc) is 2.63. The summed E-state index contributed by atoms with van der Waals surface area (Å²) in [5.41, 5.74) is 15.7. The Kier molecular flexibility index (Phi) is 12.1. The van der Waals surface area contributed by atoms with Crippen LogP contribution in [0.3, 0.4) is 0 Å². The molecule has 0 saturated heterocycles. The average molecular weight is 418 g/mol. The number of hydrogen-bond acceptors (Lipinski definition) is 8. The number of nitrogens with one attached hydrogen (secondary N) is 3. The van der Waals surface area contributed by atoms with Gasteiger partial charge in [0.2, 0.25) is 23.6 Å². The molecule has 4 atom stereocenters. The van der Waals surface area contributed by atoms with Crippen molar-refractivity contribution in [2.75, 3.05) is 13.1 Å². The Morgan fingerprint density at radius 2 is 1.52 bits per heavy atom. The molecule has 0 aromatic carbocycles. The number of carboxylic acid groups (broad SMARTS) is 1. The highest BCUT2D eigenvalue weighted by Gasteiger charge is 2.32. The molecule has 0 spiro atoms. The summed E-state index contributed by atoms with van der Waals surface area (Å²) >= 11 is 0. The Labute approximate surface area is 167 Å². The number of carbonyl (C=O) groups is 5. The summed E-state index contributed by atoms with van der Waals surface area (Å²) in [6.45, 7) is 1.17. The monoisotopic (exact) mass is 418 g/mol. The SMILES string of the molecule is CC(O)C(NC(=O)C(CC(N)=O)NC(=O)C(CCCCN)NC(=O)CN)C(=O)O. The fraction of sp³-hybridized carbons (Fsp3) is 0.688. The number of rotatable bonds is 14. The van der Waals surface area contributed by atoms with Gasteiger partial charge in [-0.25, -0.2) is 4.79 Å². The van der Waals surface area contributed by atoms with Gasteiger partial charge in [0, 0.05) is 0 Å². The van der Waals surface area contributed by atoms with Gasteiger partial charge in [-0.15, -0.1) is 0 Å². The van der Waals surface area contributed by atoms with Crippen LogP contribution < -0.4 is 33.2 Å². The van der Waals surface area contributed by atoms with E-state index in [1.165, 1.54) is 0 Å². The van der Waals surface area contributed by atoms with Crippen LogP contribution in [0.5, 0.6) is 0 Å². The smallest absolute Gasteiger partial charge is 0.328 e. The van der Waals surface area contributed by atoms with Crippen LogP contribution in [0.1, 0.15) is 32.6 Å². The Morgan fingerprint density at radius 3 is 1.97 bits per heavy atom. The first-order valence-electron chi connectivity index (χ1n) is 9.02. The lowest BCUT2D eigenvalue weighted by Crippen LogP contribution is -2.58. The molecule has 4 unspecified atom stereocenters. The van der Waals surface area contributed by atoms with Crippen molar-refractivity contribution in [3.63, 3.8) is 0 Å². The van der Waals surface area contributed by atoms with Crippen LogP contribution >= 0.6 is 0 Å². The summed E-state index contributed by atoms with van der Waals surface area (Å²) in [6.07, 6.45) is -0.777. The molecule has 0 aliphatic carbocycles. The van der Waals surface area contributed by atoms with Crippen molar-refractivity contribution in [2.24, 2.45) is 17.2 Å². The zero-order chi connectivity index (χ0) is 22.6. The highest BCUT2D eigenvalue weighted by molar-refractivity contribution is 5.95. The summed E-state index contributed by atoms with van der Waals surface area (Å²) in [4.78, 5) is 58.9. The van der Waals surface area contributed by atoms with Crippen molar-refractivity contribution in [3.8, 4) is 0 Å². The lowest BCUT2D eigenvalue weighted by molar-refractivity contribution is -0.145. The van der Waals surface area contributed by atoms with Gasteiger partial charge < -0.3 is 43.4 Å². The lowest BCUT2D eigenvalue weighted by Gasteiger charge is -2.24. The molecule has 13 nitrogen and oxygen atoms in total. The molecule has 11 N–H and O–H groups in total. The largest absolute Gasteiger partial charge is 0.480 e. The second-order valence-electron chi connectivity index (χ2n) is 6.41. The highest BCUT2D eigenvalue weighted by Crippen LogP contribution is 2.04. The number of unbranched alkanes of at least 4 members (excludes halogenated alkanes) is 1. The van der Waals surface area contributed by atoms with Crippen molar-refractivity contribution >= 4 is 29.6 Å². The predicted octanol–water partition coefficient (Wildman–Crippen LogP) is -4.13. The van der Waals surface area contributed by atoms with E-state index in [1.807, 2.05) is 5.32 Å². The highest BCUT2D eigenvalue weighted by atomic mass is 16.4. The number of carbonyl (C=O) groups excluding carboxylic acids is 4. The Hall–Kier alpha value is -2.77. The van der Waals surface area contributed by atoms with E-state index < -0.39 is 60.2 Å². The predicted molar refractivity (Wildman–Crippen MR) is 101 cm³/mol. The number of amides is 4. The van der Waals surface area contributed by atoms with Crippen molar-refractivity contribution < 1.29 is 34.2 Å². The fourth-order valence-corrected chi connectivity index (χ4v) is 2.34. The standard InChI is InChI=1S/C16H30N6O7/c1-8(23)13(16(28)29)22-15(27)10(6-11(19)24)21-14(26)9(4-2-3-5-17)20-12(25)7-18/h8-10,13,23H,2-7,17-18H2,1H3,(H2,19,24)(H,20,25)(H,21,26)(H,22,27)(H,28,29). The van der Waals surface area contributed by atoms with Gasteiger partial charge in [-0.2, -0.15) is 0 Å². The summed E-state index contributed by atoms with van der Waals surface area (Å²) in [5, 5.41) is 25.2. The summed E-state index contributed by atoms with van der Waals surface area (Å²) < 4.78 is 0. The van der Waals surface area contributed by atoms with E-state index in [0.717, 1.165) is 6.92 Å². The van der Waals surface area contributed by atoms with Crippen molar-refractivity contribution in [2.45, 2.75) is 56.8 Å². The zero-order valence-electron chi connectivity index (χ0n) is 16.2. The number of aliphatic carboxylic acids is 1. The molecule has 0 aromatic rings. The minimum Gasteiger partial charge on any atom is -0.480 e. The van der Waals surface area contributed by atoms with E-state index >= 15 is 0 Å². The summed E-state index contributed by atoms with van der Waals surface area (Å²) in [5.74, 6) is -4.85. The van der Waals surface area contributed by atoms with Crippen LogP contribution in [0.25, 0.3) is 0 Å². The fourth-order valence-electron chi connectivity index (χ4n) is 2.34. The number of hydrogen-bond donors (Lipinski definition) is 8. The van der Waals surface area contributed by atoms with Crippen molar-refractivity contribution in [1.82, 2.24) is 16.0 Å². The number of aliphatic hydroxyl groups excluding tert-OH is 1. The summed E-state index contributed by atoms with van der Waals surface area (Å²) in [6, 6.07) is -4.22. The third-order valence-corrected chi connectivity index (χ3v) is 3.87. The number of nitrogens with two attached hydrogens (primary N) is 3. The van der Waals surface area contributed by atoms with E-state index in [9.17, 15) is 29.1 Å². The van der Waals surface area contributed by atoms with E-state index in [1.54, 1.807) is 0 Å². The molecular formula is C16H30N6O7. The number of primary amides is 1. The van der Waals surface area contributed by atoms with E-state index in [2.05, 4.69) is 10.6 Å². The van der Waals surface area contributed by atoms with Crippen LogP contribution in [0.15, 0.2) is 0 Å². The van der Waals surface area contributed by atoms with Crippen molar-refractivity contribution in [3.05, 3.63) is 0 Å². The number of carboxylic acids is 1. The van der Waals surface area contributed by atoms with Crippen LogP contribution in [-0.2, 0) is 24.0 Å². The molecule has 0 heterocycles. The van der Waals surface area contributed by atoms with Gasteiger partial charge in [0.15, 0.2) is 6.04 Å². The van der Waals surface area contributed by atoms with Gasteiger partial charge in [0.25, 0.3) is 0 Å². The quantitative estimate of drug-likeness (QED) is 0.128. The van der Waals surface area contributed by atoms with Gasteiger partial charge in [-0.05, 0) is 32.7 Å². The molecule has 166 valence electrons. The molecule has 0 rings (SSSR count). The zero-order valence-corrected chi connectivity index (χ0v) is 16.2. The first-order chi connectivity index (χ1) is 13.5. The van der Waals surface area contributed by atoms with Gasteiger partial charge in [0.05, 0.1) is 19.1 Å². The Balaban J connectivity index is 5.33.